The van der Waals surface area contributed by atoms with Crippen LogP contribution in [0.1, 0.15) is 20.8 Å². The summed E-state index contributed by atoms with van der Waals surface area (Å²) < 4.78 is 40.4. The first-order chi connectivity index (χ1) is 19.1. The third kappa shape index (κ3) is 8.40. The molecule has 0 bridgehead atoms. The summed E-state index contributed by atoms with van der Waals surface area (Å²) in [4.78, 5) is 56.9. The number of thioether (sulfide) groups is 1. The van der Waals surface area contributed by atoms with Gasteiger partial charge >= 0.3 is 12.2 Å². The molecule has 4 atom stereocenters. The number of carbonyl (C=O) groups is 4. The van der Waals surface area contributed by atoms with Crippen molar-refractivity contribution in [1.82, 2.24) is 25.3 Å². The summed E-state index contributed by atoms with van der Waals surface area (Å²) in [6.07, 6.45) is -1.57. The van der Waals surface area contributed by atoms with E-state index in [1.807, 2.05) is 6.92 Å². The van der Waals surface area contributed by atoms with Gasteiger partial charge in [-0.1, -0.05) is 6.92 Å². The van der Waals surface area contributed by atoms with Crippen molar-refractivity contribution in [2.75, 3.05) is 58.2 Å². The lowest BCUT2D eigenvalue weighted by Crippen LogP contribution is -2.57. The Bertz CT molecular complexity index is 1040. The summed E-state index contributed by atoms with van der Waals surface area (Å²) in [7, 11) is 0. The van der Waals surface area contributed by atoms with Gasteiger partial charge in [0.2, 0.25) is 11.8 Å². The van der Waals surface area contributed by atoms with Crippen molar-refractivity contribution >= 4 is 41.3 Å². The van der Waals surface area contributed by atoms with Gasteiger partial charge in [0.15, 0.2) is 0 Å². The number of aliphatic imine (C=N–C) groups is 1. The first kappa shape index (κ1) is 31.3. The minimum atomic E-state index is -1.74. The molecule has 2 aliphatic heterocycles. The number of hydrogen-bond acceptors (Lipinski definition) is 9. The van der Waals surface area contributed by atoms with Gasteiger partial charge in [-0.05, 0) is 31.8 Å². The number of alkyl halides is 1. The molecule has 0 radical (unpaired) electrons. The van der Waals surface area contributed by atoms with Gasteiger partial charge in [-0.2, -0.15) is 0 Å². The van der Waals surface area contributed by atoms with Crippen LogP contribution in [0.15, 0.2) is 28.7 Å². The van der Waals surface area contributed by atoms with Crippen LogP contribution in [0.4, 0.5) is 18.4 Å². The number of alkyl carbamates (subject to hydrolysis) is 1. The van der Waals surface area contributed by atoms with Gasteiger partial charge < -0.3 is 25.0 Å². The van der Waals surface area contributed by atoms with Crippen LogP contribution >= 0.6 is 11.8 Å². The molecule has 1 aliphatic carbocycles. The molecule has 4 unspecified atom stereocenters. The van der Waals surface area contributed by atoms with E-state index in [2.05, 4.69) is 15.6 Å². The molecule has 222 valence electrons. The fraction of sp³-hybridized carbons (Fsp3) is 0.640. The predicted octanol–water partition coefficient (Wildman–Crippen LogP) is 1.44. The van der Waals surface area contributed by atoms with Crippen molar-refractivity contribution in [3.05, 3.63) is 23.7 Å². The number of amides is 4. The Morgan fingerprint density at radius 2 is 2.00 bits per heavy atom. The zero-order chi connectivity index (χ0) is 29.2. The SMILES string of the molecule is CCOC(=O)NCC1CN(C2=CC(F)C(N3CCN(C(=O)C(C)NC(=O)CN=CSCC)CC3)C(F)=C2)C(=O)O1. The summed E-state index contributed by atoms with van der Waals surface area (Å²) in [5.74, 6) is -0.544. The van der Waals surface area contributed by atoms with Crippen molar-refractivity contribution in [2.24, 2.45) is 4.99 Å². The number of allylic oxidation sites excluding steroid dienone is 1. The van der Waals surface area contributed by atoms with E-state index in [0.29, 0.717) is 0 Å². The second-order valence-corrected chi connectivity index (χ2v) is 10.4. The molecule has 40 heavy (non-hydrogen) atoms. The van der Waals surface area contributed by atoms with Gasteiger partial charge in [-0.3, -0.25) is 24.4 Å². The molecule has 0 aromatic carbocycles. The molecule has 3 aliphatic rings. The van der Waals surface area contributed by atoms with Crippen LogP contribution in [0.5, 0.6) is 0 Å². The highest BCUT2D eigenvalue weighted by Gasteiger charge is 2.40. The molecule has 12 nitrogen and oxygen atoms in total. The van der Waals surface area contributed by atoms with Crippen LogP contribution in [0.3, 0.4) is 0 Å². The van der Waals surface area contributed by atoms with Gasteiger partial charge in [0.05, 0.1) is 31.3 Å². The topological polar surface area (TPSA) is 133 Å². The van der Waals surface area contributed by atoms with E-state index < -0.39 is 42.4 Å². The summed E-state index contributed by atoms with van der Waals surface area (Å²) in [6, 6.07) is -1.94. The largest absolute Gasteiger partial charge is 0.450 e. The fourth-order valence-corrected chi connectivity index (χ4v) is 4.86. The highest BCUT2D eigenvalue weighted by molar-refractivity contribution is 8.12. The maximum Gasteiger partial charge on any atom is 0.414 e. The fourth-order valence-electron chi connectivity index (χ4n) is 4.53. The van der Waals surface area contributed by atoms with E-state index in [9.17, 15) is 19.2 Å². The smallest absolute Gasteiger partial charge is 0.414 e. The van der Waals surface area contributed by atoms with Crippen LogP contribution in [-0.4, -0.2) is 127 Å². The standard InChI is InChI=1S/C25H36F2N6O6S/c1-4-38-24(36)29-12-18-14-33(25(37)39-18)17-10-19(26)22(20(27)11-17)31-6-8-32(9-7-31)23(35)16(3)30-21(34)13-28-15-40-5-2/h10-11,15-16,18-19,22H,4-9,12-14H2,1-3H3,(H,29,36)(H,30,34). The Morgan fingerprint density at radius 3 is 2.65 bits per heavy atom. The summed E-state index contributed by atoms with van der Waals surface area (Å²) in [5, 5.41) is 5.09. The lowest BCUT2D eigenvalue weighted by molar-refractivity contribution is -0.137. The second kappa shape index (κ2) is 15.0. The van der Waals surface area contributed by atoms with E-state index in [1.165, 1.54) is 17.8 Å². The number of hydrogen-bond donors (Lipinski definition) is 2. The Morgan fingerprint density at radius 1 is 1.27 bits per heavy atom. The zero-order valence-electron chi connectivity index (χ0n) is 22.8. The predicted molar refractivity (Wildman–Crippen MR) is 145 cm³/mol. The number of piperazine rings is 1. The number of rotatable bonds is 11. The number of cyclic esters (lactones) is 1. The number of carbonyl (C=O) groups excluding carboxylic acids is 4. The first-order valence-corrected chi connectivity index (χ1v) is 14.2. The molecule has 0 aromatic heterocycles. The van der Waals surface area contributed by atoms with Gasteiger partial charge in [0.25, 0.3) is 0 Å². The molecule has 2 fully saturated rings. The van der Waals surface area contributed by atoms with Gasteiger partial charge in [0.1, 0.15) is 30.7 Å². The van der Waals surface area contributed by atoms with Gasteiger partial charge in [-0.25, -0.2) is 18.4 Å². The maximum atomic E-state index is 15.2. The van der Waals surface area contributed by atoms with Crippen LogP contribution < -0.4 is 10.6 Å². The third-order valence-electron chi connectivity index (χ3n) is 6.45. The van der Waals surface area contributed by atoms with E-state index in [-0.39, 0.29) is 69.9 Å². The normalized spacial score (nSPS) is 24.3. The van der Waals surface area contributed by atoms with Gasteiger partial charge in [-0.15, -0.1) is 11.8 Å². The first-order valence-electron chi connectivity index (χ1n) is 13.2. The van der Waals surface area contributed by atoms with Crippen molar-refractivity contribution in [2.45, 2.75) is 45.1 Å². The molecular formula is C25H36F2N6O6S. The van der Waals surface area contributed by atoms with E-state index in [4.69, 9.17) is 9.47 Å². The molecular weight excluding hydrogens is 550 g/mol. The van der Waals surface area contributed by atoms with E-state index in [0.717, 1.165) is 16.7 Å². The molecule has 4 amide bonds. The summed E-state index contributed by atoms with van der Waals surface area (Å²) in [5.41, 5.74) is 1.64. The van der Waals surface area contributed by atoms with Crippen LogP contribution in [-0.2, 0) is 19.1 Å². The molecule has 15 heteroatoms. The lowest BCUT2D eigenvalue weighted by Gasteiger charge is -2.41. The van der Waals surface area contributed by atoms with Crippen LogP contribution in [0.2, 0.25) is 0 Å². The average Bonchev–Trinajstić information content (AvgIpc) is 3.30. The Hall–Kier alpha value is -3.20. The molecule has 2 N–H and O–H groups in total. The minimum absolute atomic E-state index is 0.000417. The third-order valence-corrected chi connectivity index (χ3v) is 7.08. The van der Waals surface area contributed by atoms with Crippen LogP contribution in [0, 0.1) is 0 Å². The molecule has 2 saturated heterocycles. The van der Waals surface area contributed by atoms with E-state index in [1.54, 1.807) is 29.2 Å². The Kier molecular flexibility index (Phi) is 11.7. The van der Waals surface area contributed by atoms with Crippen LogP contribution in [0.25, 0.3) is 0 Å². The average molecular weight is 587 g/mol. The number of halogens is 2. The Balaban J connectivity index is 1.49. The monoisotopic (exact) mass is 586 g/mol. The Labute approximate surface area is 236 Å². The maximum absolute atomic E-state index is 15.2. The molecule has 2 heterocycles. The highest BCUT2D eigenvalue weighted by Crippen LogP contribution is 2.30. The zero-order valence-corrected chi connectivity index (χ0v) is 23.6. The van der Waals surface area contributed by atoms with Crippen molar-refractivity contribution in [3.8, 4) is 0 Å². The van der Waals surface area contributed by atoms with Crippen molar-refractivity contribution in [1.29, 1.82) is 0 Å². The van der Waals surface area contributed by atoms with Gasteiger partial charge in [0, 0.05) is 31.9 Å². The summed E-state index contributed by atoms with van der Waals surface area (Å²) >= 11 is 1.47. The minimum Gasteiger partial charge on any atom is -0.450 e. The second-order valence-electron chi connectivity index (χ2n) is 9.28. The van der Waals surface area contributed by atoms with Crippen molar-refractivity contribution in [3.63, 3.8) is 0 Å². The summed E-state index contributed by atoms with van der Waals surface area (Å²) in [6.45, 7) is 6.28. The van der Waals surface area contributed by atoms with E-state index >= 15 is 8.78 Å². The lowest BCUT2D eigenvalue weighted by atomic mass is 10.00. The highest BCUT2D eigenvalue weighted by atomic mass is 32.2. The molecule has 3 rings (SSSR count). The van der Waals surface area contributed by atoms with Crippen molar-refractivity contribution < 1.29 is 37.4 Å². The molecule has 0 spiro atoms. The molecule has 0 aromatic rings. The quantitative estimate of drug-likeness (QED) is 0.275. The number of nitrogens with one attached hydrogen (secondary N) is 2. The molecule has 0 saturated carbocycles. The number of ether oxygens (including phenoxy) is 2. The number of nitrogens with zero attached hydrogens (tertiary/aromatic N) is 4.